The molecule has 0 radical (unpaired) electrons. The summed E-state index contributed by atoms with van der Waals surface area (Å²) in [5, 5.41) is 0. The number of aryl methyl sites for hydroxylation is 1. The van der Waals surface area contributed by atoms with Crippen molar-refractivity contribution in [2.75, 3.05) is 11.5 Å². The molecule has 1 aromatic heterocycles. The van der Waals surface area contributed by atoms with Crippen molar-refractivity contribution >= 4 is 23.6 Å². The fourth-order valence-corrected chi connectivity index (χ4v) is 4.10. The summed E-state index contributed by atoms with van der Waals surface area (Å²) in [6.07, 6.45) is 3.57. The van der Waals surface area contributed by atoms with Gasteiger partial charge in [0.05, 0.1) is 11.6 Å². The summed E-state index contributed by atoms with van der Waals surface area (Å²) >= 11 is 1.75. The van der Waals surface area contributed by atoms with Crippen molar-refractivity contribution in [1.82, 2.24) is 9.88 Å². The van der Waals surface area contributed by atoms with E-state index in [1.165, 1.54) is 4.90 Å². The zero-order valence-corrected chi connectivity index (χ0v) is 11.7. The molecular weight excluding hydrogens is 264 g/mol. The van der Waals surface area contributed by atoms with Gasteiger partial charge in [0, 0.05) is 18.6 Å². The van der Waals surface area contributed by atoms with Gasteiger partial charge in [0.15, 0.2) is 0 Å². The minimum atomic E-state index is -0.443. The van der Waals surface area contributed by atoms with Crippen molar-refractivity contribution in [2.24, 2.45) is 5.41 Å². The van der Waals surface area contributed by atoms with Crippen LogP contribution in [0.1, 0.15) is 31.4 Å². The molecule has 1 spiro atoms. The predicted molar refractivity (Wildman–Crippen MR) is 70.4 cm³/mol. The van der Waals surface area contributed by atoms with Gasteiger partial charge < -0.3 is 4.42 Å². The Morgan fingerprint density at radius 1 is 1.53 bits per heavy atom. The van der Waals surface area contributed by atoms with Crippen LogP contribution in [-0.2, 0) is 22.6 Å². The number of aromatic nitrogens is 1. The normalized spacial score (nSPS) is 26.9. The smallest absolute Gasteiger partial charge is 0.237 e. The zero-order chi connectivity index (χ0) is 13.5. The van der Waals surface area contributed by atoms with Crippen LogP contribution >= 0.6 is 11.8 Å². The van der Waals surface area contributed by atoms with E-state index >= 15 is 0 Å². The number of nitrogens with zero attached hydrogens (tertiary/aromatic N) is 2. The highest BCUT2D eigenvalue weighted by molar-refractivity contribution is 7.99. The van der Waals surface area contributed by atoms with Crippen molar-refractivity contribution in [2.45, 2.75) is 32.7 Å². The molecule has 2 saturated heterocycles. The molecule has 19 heavy (non-hydrogen) atoms. The van der Waals surface area contributed by atoms with Crippen LogP contribution in [-0.4, -0.2) is 33.2 Å². The van der Waals surface area contributed by atoms with Crippen LogP contribution in [0, 0.1) is 5.41 Å². The van der Waals surface area contributed by atoms with Crippen LogP contribution in [0.2, 0.25) is 0 Å². The number of imide groups is 1. The number of carbonyl (C=O) groups is 2. The maximum absolute atomic E-state index is 12.4. The number of oxazole rings is 1. The summed E-state index contributed by atoms with van der Waals surface area (Å²) in [4.78, 5) is 29.9. The minimum Gasteiger partial charge on any atom is -0.444 e. The molecule has 5 nitrogen and oxygen atoms in total. The Hall–Kier alpha value is -1.30. The molecule has 0 bridgehead atoms. The van der Waals surface area contributed by atoms with Crippen molar-refractivity contribution in [3.63, 3.8) is 0 Å². The van der Waals surface area contributed by atoms with Crippen LogP contribution in [0.25, 0.3) is 0 Å². The van der Waals surface area contributed by atoms with Crippen molar-refractivity contribution in [1.29, 1.82) is 0 Å². The molecule has 2 fully saturated rings. The van der Waals surface area contributed by atoms with Gasteiger partial charge in [-0.15, -0.1) is 0 Å². The number of thioether (sulfide) groups is 1. The lowest BCUT2D eigenvalue weighted by atomic mass is 9.86. The third-order valence-electron chi connectivity index (χ3n) is 3.84. The van der Waals surface area contributed by atoms with Crippen molar-refractivity contribution < 1.29 is 14.0 Å². The molecule has 0 aromatic carbocycles. The third-order valence-corrected chi connectivity index (χ3v) is 5.09. The molecule has 0 saturated carbocycles. The second kappa shape index (κ2) is 4.67. The van der Waals surface area contributed by atoms with Gasteiger partial charge in [-0.2, -0.15) is 11.8 Å². The lowest BCUT2D eigenvalue weighted by molar-refractivity contribution is -0.142. The van der Waals surface area contributed by atoms with E-state index in [4.69, 9.17) is 4.42 Å². The van der Waals surface area contributed by atoms with Crippen LogP contribution in [0.5, 0.6) is 0 Å². The molecule has 2 aliphatic rings. The first-order chi connectivity index (χ1) is 9.14. The van der Waals surface area contributed by atoms with Gasteiger partial charge in [-0.1, -0.05) is 6.92 Å². The quantitative estimate of drug-likeness (QED) is 0.787. The Morgan fingerprint density at radius 2 is 2.37 bits per heavy atom. The molecule has 1 atom stereocenters. The molecule has 2 amide bonds. The van der Waals surface area contributed by atoms with E-state index in [1.54, 1.807) is 18.0 Å². The summed E-state index contributed by atoms with van der Waals surface area (Å²) in [6, 6.07) is 0. The van der Waals surface area contributed by atoms with Gasteiger partial charge in [0.25, 0.3) is 0 Å². The number of hydrogen-bond acceptors (Lipinski definition) is 5. The first kappa shape index (κ1) is 12.7. The molecule has 0 N–H and O–H groups in total. The van der Waals surface area contributed by atoms with Crippen LogP contribution in [0.3, 0.4) is 0 Å². The second-order valence-electron chi connectivity index (χ2n) is 5.12. The highest BCUT2D eigenvalue weighted by atomic mass is 32.2. The number of likely N-dealkylation sites (tertiary alicyclic amines) is 1. The van der Waals surface area contributed by atoms with Gasteiger partial charge in [0.1, 0.15) is 12.3 Å². The standard InChI is InChI=1S/C13H16N2O3S/c1-2-9-6-14-10(18-9)7-15-11(16)5-13(12(15)17)3-4-19-8-13/h6H,2-5,7-8H2,1H3/t13-/m0/s1. The number of hydrogen-bond donors (Lipinski definition) is 0. The maximum atomic E-state index is 12.4. The van der Waals surface area contributed by atoms with Gasteiger partial charge in [-0.3, -0.25) is 14.5 Å². The highest BCUT2D eigenvalue weighted by Crippen LogP contribution is 2.45. The predicted octanol–water partition coefficient (Wildman–Crippen LogP) is 1.62. The van der Waals surface area contributed by atoms with E-state index < -0.39 is 5.41 Å². The van der Waals surface area contributed by atoms with Crippen LogP contribution in [0.15, 0.2) is 10.6 Å². The van der Waals surface area contributed by atoms with E-state index in [2.05, 4.69) is 4.98 Å². The monoisotopic (exact) mass is 280 g/mol. The van der Waals surface area contributed by atoms with E-state index in [1.807, 2.05) is 6.92 Å². The molecule has 3 rings (SSSR count). The van der Waals surface area contributed by atoms with Gasteiger partial charge in [-0.25, -0.2) is 4.98 Å². The van der Waals surface area contributed by atoms with E-state index in [0.717, 1.165) is 30.1 Å². The zero-order valence-electron chi connectivity index (χ0n) is 10.8. The fourth-order valence-electron chi connectivity index (χ4n) is 2.66. The topological polar surface area (TPSA) is 63.4 Å². The van der Waals surface area contributed by atoms with E-state index in [0.29, 0.717) is 12.3 Å². The summed E-state index contributed by atoms with van der Waals surface area (Å²) < 4.78 is 5.48. The Kier molecular flexibility index (Phi) is 3.12. The first-order valence-corrected chi connectivity index (χ1v) is 7.66. The highest BCUT2D eigenvalue weighted by Gasteiger charge is 2.53. The van der Waals surface area contributed by atoms with Gasteiger partial charge >= 0.3 is 0 Å². The van der Waals surface area contributed by atoms with Crippen LogP contribution in [0.4, 0.5) is 0 Å². The second-order valence-corrected chi connectivity index (χ2v) is 6.22. The molecule has 1 aromatic rings. The third kappa shape index (κ3) is 2.08. The van der Waals surface area contributed by atoms with Gasteiger partial charge in [-0.05, 0) is 12.2 Å². The summed E-state index contributed by atoms with van der Waals surface area (Å²) in [5.41, 5.74) is -0.443. The Labute approximate surface area is 115 Å². The number of amides is 2. The Balaban J connectivity index is 1.77. The summed E-state index contributed by atoms with van der Waals surface area (Å²) in [7, 11) is 0. The van der Waals surface area contributed by atoms with E-state index in [9.17, 15) is 9.59 Å². The Morgan fingerprint density at radius 3 is 3.00 bits per heavy atom. The van der Waals surface area contributed by atoms with Crippen molar-refractivity contribution in [3.05, 3.63) is 17.8 Å². The lowest BCUT2D eigenvalue weighted by Crippen LogP contribution is -2.35. The average molecular weight is 280 g/mol. The molecule has 0 unspecified atom stereocenters. The largest absolute Gasteiger partial charge is 0.444 e. The molecule has 6 heteroatoms. The summed E-state index contributed by atoms with van der Waals surface area (Å²) in [5.74, 6) is 2.81. The Bertz CT molecular complexity index is 520. The summed E-state index contributed by atoms with van der Waals surface area (Å²) in [6.45, 7) is 2.14. The SMILES string of the molecule is CCc1cnc(CN2C(=O)C[C@]3(CCSC3)C2=O)o1. The lowest BCUT2D eigenvalue weighted by Gasteiger charge is -2.19. The number of carbonyl (C=O) groups excluding carboxylic acids is 2. The first-order valence-electron chi connectivity index (χ1n) is 6.51. The van der Waals surface area contributed by atoms with E-state index in [-0.39, 0.29) is 18.4 Å². The van der Waals surface area contributed by atoms with Gasteiger partial charge in [0.2, 0.25) is 17.7 Å². The van der Waals surface area contributed by atoms with Crippen molar-refractivity contribution in [3.8, 4) is 0 Å². The fraction of sp³-hybridized carbons (Fsp3) is 0.615. The molecular formula is C13H16N2O3S. The molecule has 3 heterocycles. The molecule has 2 aliphatic heterocycles. The van der Waals surface area contributed by atoms with Crippen LogP contribution < -0.4 is 0 Å². The maximum Gasteiger partial charge on any atom is 0.237 e. The minimum absolute atomic E-state index is 0.0428. The molecule has 0 aliphatic carbocycles. The molecule has 102 valence electrons. The number of rotatable bonds is 3. The average Bonchev–Trinajstić information content (AvgIpc) is 3.08.